The Hall–Kier alpha value is -2.32. The van der Waals surface area contributed by atoms with E-state index in [4.69, 9.17) is 5.11 Å². The summed E-state index contributed by atoms with van der Waals surface area (Å²) in [5.74, 6) is -1.70. The topological polar surface area (TPSA) is 119 Å². The van der Waals surface area contributed by atoms with Crippen LogP contribution in [0, 0.1) is 0 Å². The van der Waals surface area contributed by atoms with Gasteiger partial charge in [-0.25, -0.2) is 9.59 Å². The van der Waals surface area contributed by atoms with Crippen LogP contribution in [0.5, 0.6) is 0 Å². The molecule has 0 aromatic heterocycles. The molecule has 2 aliphatic rings. The molecular weight excluding hydrogens is 268 g/mol. The lowest BCUT2D eigenvalue weighted by molar-refractivity contribution is -0.144. The minimum Gasteiger partial charge on any atom is -0.480 e. The number of amides is 4. The van der Waals surface area contributed by atoms with E-state index >= 15 is 0 Å². The first-order chi connectivity index (χ1) is 9.49. The number of carboxylic acid groups (broad SMARTS) is 1. The molecule has 2 heterocycles. The van der Waals surface area contributed by atoms with Crippen LogP contribution in [0.15, 0.2) is 0 Å². The van der Waals surface area contributed by atoms with Crippen molar-refractivity contribution >= 4 is 23.8 Å². The van der Waals surface area contributed by atoms with Gasteiger partial charge in [-0.05, 0) is 0 Å². The van der Waals surface area contributed by atoms with Crippen molar-refractivity contribution in [2.75, 3.05) is 32.7 Å². The Bertz CT molecular complexity index is 452. The van der Waals surface area contributed by atoms with Crippen LogP contribution < -0.4 is 10.6 Å². The molecule has 0 saturated carbocycles. The van der Waals surface area contributed by atoms with Gasteiger partial charge in [0.1, 0.15) is 12.6 Å². The van der Waals surface area contributed by atoms with E-state index in [1.165, 1.54) is 4.90 Å². The van der Waals surface area contributed by atoms with Gasteiger partial charge < -0.3 is 20.6 Å². The van der Waals surface area contributed by atoms with E-state index < -0.39 is 18.0 Å². The van der Waals surface area contributed by atoms with Gasteiger partial charge in [0.15, 0.2) is 0 Å². The zero-order chi connectivity index (χ0) is 14.7. The average Bonchev–Trinajstić information content (AvgIpc) is 2.62. The first kappa shape index (κ1) is 14.1. The lowest BCUT2D eigenvalue weighted by Crippen LogP contribution is -2.62. The quantitative estimate of drug-likeness (QED) is 0.505. The summed E-state index contributed by atoms with van der Waals surface area (Å²) < 4.78 is 0. The van der Waals surface area contributed by atoms with E-state index in [0.717, 1.165) is 4.90 Å². The number of aliphatic carboxylic acids is 1. The second kappa shape index (κ2) is 5.76. The Kier molecular flexibility index (Phi) is 4.06. The third-order valence-corrected chi connectivity index (χ3v) is 3.30. The Morgan fingerprint density at radius 3 is 2.60 bits per heavy atom. The first-order valence-corrected chi connectivity index (χ1v) is 6.31. The number of hydrogen-bond acceptors (Lipinski definition) is 4. The molecule has 20 heavy (non-hydrogen) atoms. The molecule has 0 bridgehead atoms. The molecule has 2 saturated heterocycles. The van der Waals surface area contributed by atoms with E-state index in [1.807, 2.05) is 0 Å². The molecule has 3 N–H and O–H groups in total. The minimum atomic E-state index is -1.16. The summed E-state index contributed by atoms with van der Waals surface area (Å²) in [6, 6.07) is -1.60. The Labute approximate surface area is 114 Å². The van der Waals surface area contributed by atoms with Crippen LogP contribution in [0.4, 0.5) is 4.79 Å². The van der Waals surface area contributed by atoms with Crippen LogP contribution in [-0.4, -0.2) is 77.5 Å². The fraction of sp³-hybridized carbons (Fsp3) is 0.636. The number of carbonyl (C=O) groups is 4. The van der Waals surface area contributed by atoms with Gasteiger partial charge in [-0.1, -0.05) is 0 Å². The SMILES string of the molecule is O=C1CCN(C(=O)N2CC(=O)NCC2C(=O)O)CCN1. The number of rotatable bonds is 1. The van der Waals surface area contributed by atoms with Gasteiger partial charge in [-0.15, -0.1) is 0 Å². The van der Waals surface area contributed by atoms with Crippen molar-refractivity contribution in [3.63, 3.8) is 0 Å². The highest BCUT2D eigenvalue weighted by atomic mass is 16.4. The number of urea groups is 1. The first-order valence-electron chi connectivity index (χ1n) is 6.31. The molecular formula is C11H16N4O5. The molecule has 9 nitrogen and oxygen atoms in total. The van der Waals surface area contributed by atoms with Gasteiger partial charge in [0.25, 0.3) is 0 Å². The summed E-state index contributed by atoms with van der Waals surface area (Å²) in [6.45, 7) is 0.450. The van der Waals surface area contributed by atoms with E-state index in [1.54, 1.807) is 0 Å². The predicted octanol–water partition coefficient (Wildman–Crippen LogP) is -2.19. The highest BCUT2D eigenvalue weighted by Crippen LogP contribution is 2.10. The molecule has 0 aliphatic carbocycles. The summed E-state index contributed by atoms with van der Waals surface area (Å²) in [5, 5.41) is 14.2. The number of nitrogens with zero attached hydrogens (tertiary/aromatic N) is 2. The molecule has 9 heteroatoms. The standard InChI is InChI=1S/C11H16N4O5/c16-8-1-3-14(4-2-12-8)11(20)15-6-9(17)13-5-7(15)10(18)19/h7H,1-6H2,(H,12,16)(H,13,17)(H,18,19). The van der Waals surface area contributed by atoms with Crippen molar-refractivity contribution in [2.24, 2.45) is 0 Å². The lowest BCUT2D eigenvalue weighted by Gasteiger charge is -2.36. The maximum atomic E-state index is 12.3. The predicted molar refractivity (Wildman–Crippen MR) is 65.7 cm³/mol. The highest BCUT2D eigenvalue weighted by Gasteiger charge is 2.37. The van der Waals surface area contributed by atoms with Crippen molar-refractivity contribution in [3.8, 4) is 0 Å². The summed E-state index contributed by atoms with van der Waals surface area (Å²) in [5.41, 5.74) is 0. The van der Waals surface area contributed by atoms with Crippen LogP contribution in [0.25, 0.3) is 0 Å². The number of carbonyl (C=O) groups excluding carboxylic acids is 3. The largest absolute Gasteiger partial charge is 0.480 e. The zero-order valence-corrected chi connectivity index (χ0v) is 10.8. The monoisotopic (exact) mass is 284 g/mol. The summed E-state index contributed by atoms with van der Waals surface area (Å²) in [7, 11) is 0. The second-order valence-corrected chi connectivity index (χ2v) is 4.66. The normalized spacial score (nSPS) is 23.7. The van der Waals surface area contributed by atoms with Gasteiger partial charge in [-0.2, -0.15) is 0 Å². The van der Waals surface area contributed by atoms with Gasteiger partial charge in [0, 0.05) is 32.6 Å². The molecule has 2 rings (SSSR count). The molecule has 0 aromatic rings. The van der Waals surface area contributed by atoms with Gasteiger partial charge in [-0.3, -0.25) is 14.5 Å². The molecule has 0 aromatic carbocycles. The molecule has 2 fully saturated rings. The van der Waals surface area contributed by atoms with Crippen molar-refractivity contribution in [3.05, 3.63) is 0 Å². The average molecular weight is 284 g/mol. The Balaban J connectivity index is 2.10. The third kappa shape index (κ3) is 2.98. The third-order valence-electron chi connectivity index (χ3n) is 3.30. The van der Waals surface area contributed by atoms with E-state index in [9.17, 15) is 19.2 Å². The molecule has 0 spiro atoms. The fourth-order valence-electron chi connectivity index (χ4n) is 2.20. The maximum absolute atomic E-state index is 12.3. The fourth-order valence-corrected chi connectivity index (χ4v) is 2.20. The van der Waals surface area contributed by atoms with Crippen LogP contribution in [0.2, 0.25) is 0 Å². The van der Waals surface area contributed by atoms with Crippen LogP contribution in [0.3, 0.4) is 0 Å². The maximum Gasteiger partial charge on any atom is 0.328 e. The second-order valence-electron chi connectivity index (χ2n) is 4.66. The molecule has 1 unspecified atom stereocenters. The molecule has 110 valence electrons. The van der Waals surface area contributed by atoms with Gasteiger partial charge in [0.2, 0.25) is 11.8 Å². The summed E-state index contributed by atoms with van der Waals surface area (Å²) >= 11 is 0. The van der Waals surface area contributed by atoms with Crippen LogP contribution >= 0.6 is 0 Å². The number of carboxylic acids is 1. The zero-order valence-electron chi connectivity index (χ0n) is 10.8. The number of piperazine rings is 1. The minimum absolute atomic E-state index is 0.106. The van der Waals surface area contributed by atoms with Crippen LogP contribution in [0.1, 0.15) is 6.42 Å². The molecule has 2 aliphatic heterocycles. The lowest BCUT2D eigenvalue weighted by atomic mass is 10.2. The van der Waals surface area contributed by atoms with Gasteiger partial charge >= 0.3 is 12.0 Å². The van der Waals surface area contributed by atoms with Crippen molar-refractivity contribution in [2.45, 2.75) is 12.5 Å². The summed E-state index contributed by atoms with van der Waals surface area (Å²) in [6.07, 6.45) is 0.170. The smallest absolute Gasteiger partial charge is 0.328 e. The van der Waals surface area contributed by atoms with Gasteiger partial charge in [0.05, 0.1) is 0 Å². The van der Waals surface area contributed by atoms with E-state index in [-0.39, 0.29) is 37.9 Å². The van der Waals surface area contributed by atoms with Crippen molar-refractivity contribution in [1.29, 1.82) is 0 Å². The molecule has 0 radical (unpaired) electrons. The van der Waals surface area contributed by atoms with Crippen LogP contribution in [-0.2, 0) is 14.4 Å². The molecule has 1 atom stereocenters. The molecule has 4 amide bonds. The summed E-state index contributed by atoms with van der Waals surface area (Å²) in [4.78, 5) is 48.5. The highest BCUT2D eigenvalue weighted by molar-refractivity contribution is 5.91. The van der Waals surface area contributed by atoms with E-state index in [0.29, 0.717) is 13.1 Å². The number of nitrogens with one attached hydrogen (secondary N) is 2. The number of hydrogen-bond donors (Lipinski definition) is 3. The Morgan fingerprint density at radius 2 is 1.90 bits per heavy atom. The van der Waals surface area contributed by atoms with E-state index in [2.05, 4.69) is 10.6 Å². The van der Waals surface area contributed by atoms with Crippen molar-refractivity contribution in [1.82, 2.24) is 20.4 Å². The van der Waals surface area contributed by atoms with Crippen molar-refractivity contribution < 1.29 is 24.3 Å². The Morgan fingerprint density at radius 1 is 1.15 bits per heavy atom.